The summed E-state index contributed by atoms with van der Waals surface area (Å²) in [6.45, 7) is 1.88. The van der Waals surface area contributed by atoms with Crippen LogP contribution in [0.15, 0.2) is 65.7 Å². The lowest BCUT2D eigenvalue weighted by atomic mass is 10.2. The topological polar surface area (TPSA) is 85.8 Å². The first-order chi connectivity index (χ1) is 12.2. The molecule has 0 saturated heterocycles. The van der Waals surface area contributed by atoms with Crippen molar-refractivity contribution in [2.75, 3.05) is 0 Å². The Hall–Kier alpha value is -3.48. The number of para-hydroxylation sites is 1. The average molecular weight is 333 g/mol. The molecule has 0 radical (unpaired) electrons. The summed E-state index contributed by atoms with van der Waals surface area (Å²) in [5.74, 6) is 1.03. The van der Waals surface area contributed by atoms with Crippen LogP contribution in [0, 0.1) is 0 Å². The van der Waals surface area contributed by atoms with Crippen LogP contribution in [-0.2, 0) is 0 Å². The molecule has 0 aliphatic rings. The summed E-state index contributed by atoms with van der Waals surface area (Å²) in [6.07, 6.45) is 4.51. The minimum atomic E-state index is -0.261. The van der Waals surface area contributed by atoms with Crippen LogP contribution >= 0.6 is 0 Å². The van der Waals surface area contributed by atoms with Crippen molar-refractivity contribution in [2.45, 2.75) is 13.0 Å². The molecule has 0 aliphatic heterocycles. The number of aromatic nitrogens is 4. The Kier molecular flexibility index (Phi) is 3.74. The molecule has 1 N–H and O–H groups in total. The summed E-state index contributed by atoms with van der Waals surface area (Å²) in [4.78, 5) is 20.6. The first kappa shape index (κ1) is 15.1. The lowest BCUT2D eigenvalue weighted by Crippen LogP contribution is -2.26. The second kappa shape index (κ2) is 6.20. The van der Waals surface area contributed by atoms with Crippen molar-refractivity contribution in [1.82, 2.24) is 25.1 Å². The number of rotatable bonds is 4. The number of carbonyl (C=O) groups excluding carboxylic acids is 1. The molecule has 7 heteroatoms. The van der Waals surface area contributed by atoms with E-state index in [-0.39, 0.29) is 11.9 Å². The number of hydrogen-bond donors (Lipinski definition) is 1. The van der Waals surface area contributed by atoms with Crippen LogP contribution in [0.1, 0.15) is 29.1 Å². The zero-order valence-corrected chi connectivity index (χ0v) is 13.5. The molecule has 1 amide bonds. The van der Waals surface area contributed by atoms with Crippen LogP contribution in [0.2, 0.25) is 0 Å². The van der Waals surface area contributed by atoms with Crippen LogP contribution in [0.25, 0.3) is 16.8 Å². The lowest BCUT2D eigenvalue weighted by Gasteiger charge is -2.11. The van der Waals surface area contributed by atoms with Crippen molar-refractivity contribution in [2.24, 2.45) is 0 Å². The molecular weight excluding hydrogens is 318 g/mol. The summed E-state index contributed by atoms with van der Waals surface area (Å²) in [5.41, 5.74) is 1.29. The molecule has 4 aromatic rings. The van der Waals surface area contributed by atoms with Gasteiger partial charge >= 0.3 is 0 Å². The average Bonchev–Trinajstić information content (AvgIpc) is 3.31. The van der Waals surface area contributed by atoms with E-state index in [4.69, 9.17) is 4.42 Å². The van der Waals surface area contributed by atoms with Crippen LogP contribution < -0.4 is 5.32 Å². The Balaban J connectivity index is 1.54. The molecule has 124 valence electrons. The van der Waals surface area contributed by atoms with E-state index in [9.17, 15) is 4.79 Å². The molecule has 0 bridgehead atoms. The van der Waals surface area contributed by atoms with Gasteiger partial charge in [0.15, 0.2) is 5.82 Å². The highest BCUT2D eigenvalue weighted by molar-refractivity contribution is 5.94. The normalized spacial score (nSPS) is 12.2. The van der Waals surface area contributed by atoms with Gasteiger partial charge < -0.3 is 9.73 Å². The zero-order chi connectivity index (χ0) is 17.2. The van der Waals surface area contributed by atoms with Crippen LogP contribution in [0.3, 0.4) is 0 Å². The zero-order valence-electron chi connectivity index (χ0n) is 13.5. The maximum absolute atomic E-state index is 12.5. The number of nitrogens with zero attached hydrogens (tertiary/aromatic N) is 4. The molecule has 1 aromatic carbocycles. The van der Waals surface area contributed by atoms with E-state index >= 15 is 0 Å². The van der Waals surface area contributed by atoms with Gasteiger partial charge in [-0.1, -0.05) is 18.2 Å². The molecule has 0 spiro atoms. The van der Waals surface area contributed by atoms with Crippen LogP contribution in [-0.4, -0.2) is 25.7 Å². The van der Waals surface area contributed by atoms with Crippen LogP contribution in [0.4, 0.5) is 0 Å². The Labute approximate surface area is 143 Å². The van der Waals surface area contributed by atoms with E-state index in [1.165, 1.54) is 17.3 Å². The van der Waals surface area contributed by atoms with Gasteiger partial charge in [0.25, 0.3) is 5.91 Å². The molecule has 0 fully saturated rings. The van der Waals surface area contributed by atoms with E-state index in [0.29, 0.717) is 17.1 Å². The molecule has 0 saturated carbocycles. The molecule has 25 heavy (non-hydrogen) atoms. The number of furan rings is 1. The van der Waals surface area contributed by atoms with Crippen molar-refractivity contribution in [3.63, 3.8) is 0 Å². The number of amides is 1. The third-order valence-electron chi connectivity index (χ3n) is 3.88. The maximum Gasteiger partial charge on any atom is 0.252 e. The van der Waals surface area contributed by atoms with E-state index in [1.54, 1.807) is 18.3 Å². The van der Waals surface area contributed by atoms with Crippen LogP contribution in [0.5, 0.6) is 0 Å². The van der Waals surface area contributed by atoms with E-state index in [2.05, 4.69) is 20.4 Å². The Morgan fingerprint density at radius 1 is 1.24 bits per heavy atom. The highest BCUT2D eigenvalue weighted by Gasteiger charge is 2.16. The lowest BCUT2D eigenvalue weighted by molar-refractivity contribution is 0.0935. The SMILES string of the molecule is C[C@H](NC(=O)c1ccnc(-n2cncn2)c1)c1cc2ccccc2o1. The van der Waals surface area contributed by atoms with Crippen molar-refractivity contribution in [3.05, 3.63) is 72.6 Å². The highest BCUT2D eigenvalue weighted by atomic mass is 16.3. The minimum Gasteiger partial charge on any atom is -0.459 e. The fourth-order valence-corrected chi connectivity index (χ4v) is 2.58. The molecular formula is C18H15N5O2. The van der Waals surface area contributed by atoms with Gasteiger partial charge in [-0.3, -0.25) is 4.79 Å². The number of carbonyl (C=O) groups is 1. The van der Waals surface area contributed by atoms with E-state index in [1.807, 2.05) is 37.3 Å². The summed E-state index contributed by atoms with van der Waals surface area (Å²) < 4.78 is 7.30. The Bertz CT molecular complexity index is 990. The third kappa shape index (κ3) is 2.99. The highest BCUT2D eigenvalue weighted by Crippen LogP contribution is 2.23. The standard InChI is InChI=1S/C18H15N5O2/c1-12(16-8-13-4-2-3-5-15(13)25-16)22-18(24)14-6-7-20-17(9-14)23-11-19-10-21-23/h2-12H,1H3,(H,22,24)/t12-/m0/s1. The van der Waals surface area contributed by atoms with Crippen molar-refractivity contribution >= 4 is 16.9 Å². The molecule has 3 aromatic heterocycles. The molecule has 0 unspecified atom stereocenters. The van der Waals surface area contributed by atoms with Gasteiger partial charge in [-0.2, -0.15) is 5.10 Å². The van der Waals surface area contributed by atoms with Crippen molar-refractivity contribution < 1.29 is 9.21 Å². The van der Waals surface area contributed by atoms with Gasteiger partial charge in [-0.25, -0.2) is 14.6 Å². The quantitative estimate of drug-likeness (QED) is 0.620. The predicted octanol–water partition coefficient (Wildman–Crippen LogP) is 2.90. The summed E-state index contributed by atoms with van der Waals surface area (Å²) in [6, 6.07) is 12.7. The number of benzene rings is 1. The third-order valence-corrected chi connectivity index (χ3v) is 3.88. The molecule has 0 aliphatic carbocycles. The largest absolute Gasteiger partial charge is 0.459 e. The predicted molar refractivity (Wildman–Crippen MR) is 91.2 cm³/mol. The van der Waals surface area contributed by atoms with Gasteiger partial charge in [0.1, 0.15) is 24.0 Å². The molecule has 4 rings (SSSR count). The number of hydrogen-bond acceptors (Lipinski definition) is 5. The summed E-state index contributed by atoms with van der Waals surface area (Å²) >= 11 is 0. The first-order valence-corrected chi connectivity index (χ1v) is 7.81. The van der Waals surface area contributed by atoms with Gasteiger partial charge in [-0.15, -0.1) is 0 Å². The second-order valence-corrected chi connectivity index (χ2v) is 5.62. The van der Waals surface area contributed by atoms with E-state index < -0.39 is 0 Å². The maximum atomic E-state index is 12.5. The van der Waals surface area contributed by atoms with Gasteiger partial charge in [0.2, 0.25) is 0 Å². The Morgan fingerprint density at radius 3 is 2.92 bits per heavy atom. The second-order valence-electron chi connectivity index (χ2n) is 5.62. The van der Waals surface area contributed by atoms with Gasteiger partial charge in [0, 0.05) is 17.1 Å². The molecule has 3 heterocycles. The van der Waals surface area contributed by atoms with Crippen molar-refractivity contribution in [1.29, 1.82) is 0 Å². The minimum absolute atomic E-state index is 0.211. The number of nitrogens with one attached hydrogen (secondary N) is 1. The number of pyridine rings is 1. The molecule has 1 atom stereocenters. The fourth-order valence-electron chi connectivity index (χ4n) is 2.58. The smallest absolute Gasteiger partial charge is 0.252 e. The van der Waals surface area contributed by atoms with Crippen molar-refractivity contribution in [3.8, 4) is 5.82 Å². The summed E-state index contributed by atoms with van der Waals surface area (Å²) in [5, 5.41) is 7.97. The fraction of sp³-hybridized carbons (Fsp3) is 0.111. The first-order valence-electron chi connectivity index (χ1n) is 7.81. The van der Waals surface area contributed by atoms with Gasteiger partial charge in [-0.05, 0) is 31.2 Å². The summed E-state index contributed by atoms with van der Waals surface area (Å²) in [7, 11) is 0. The van der Waals surface area contributed by atoms with Gasteiger partial charge in [0.05, 0.1) is 6.04 Å². The Morgan fingerprint density at radius 2 is 2.12 bits per heavy atom. The number of fused-ring (bicyclic) bond motifs is 1. The van der Waals surface area contributed by atoms with E-state index in [0.717, 1.165) is 11.0 Å². The molecule has 7 nitrogen and oxygen atoms in total. The monoisotopic (exact) mass is 333 g/mol.